The van der Waals surface area contributed by atoms with Crippen LogP contribution in [0.2, 0.25) is 0 Å². The van der Waals surface area contributed by atoms with Crippen LogP contribution in [0.25, 0.3) is 0 Å². The van der Waals surface area contributed by atoms with Crippen LogP contribution < -0.4 is 5.32 Å². The van der Waals surface area contributed by atoms with Gasteiger partial charge in [-0.2, -0.15) is 0 Å². The zero-order valence-corrected chi connectivity index (χ0v) is 12.8. The van der Waals surface area contributed by atoms with E-state index in [1.54, 1.807) is 12.1 Å². The predicted octanol–water partition coefficient (Wildman–Crippen LogP) is 0.960. The molecule has 1 aliphatic rings. The van der Waals surface area contributed by atoms with Crippen molar-refractivity contribution in [2.24, 2.45) is 0 Å². The average Bonchev–Trinajstić information content (AvgIpc) is 3.06. The fraction of sp³-hybridized carbons (Fsp3) is 0.250. The summed E-state index contributed by atoms with van der Waals surface area (Å²) in [7, 11) is 1.13. The first-order valence-corrected chi connectivity index (χ1v) is 7.15. The lowest BCUT2D eigenvalue weighted by molar-refractivity contribution is -0.146. The van der Waals surface area contributed by atoms with Crippen LogP contribution in [0.1, 0.15) is 32.2 Å². The van der Waals surface area contributed by atoms with Crippen LogP contribution in [0.15, 0.2) is 30.5 Å². The molecule has 124 valence electrons. The summed E-state index contributed by atoms with van der Waals surface area (Å²) in [5.41, 5.74) is -1.26. The first-order valence-electron chi connectivity index (χ1n) is 7.15. The van der Waals surface area contributed by atoms with Gasteiger partial charge in [0.25, 0.3) is 5.91 Å². The van der Waals surface area contributed by atoms with Gasteiger partial charge in [-0.25, -0.2) is 14.2 Å². The molecule has 0 unspecified atom stereocenters. The van der Waals surface area contributed by atoms with Crippen LogP contribution in [0, 0.1) is 0 Å². The maximum atomic E-state index is 12.9. The first kappa shape index (κ1) is 15.9. The number of aromatic nitrogens is 2. The quantitative estimate of drug-likeness (QED) is 0.642. The Balaban J connectivity index is 2.08. The molecule has 24 heavy (non-hydrogen) atoms. The highest BCUT2D eigenvalue weighted by Gasteiger charge is 2.52. The lowest BCUT2D eigenvalue weighted by Crippen LogP contribution is -2.64. The van der Waals surface area contributed by atoms with Crippen molar-refractivity contribution in [2.75, 3.05) is 7.11 Å². The molecule has 2 N–H and O–H groups in total. The molecule has 0 bridgehead atoms. The van der Waals surface area contributed by atoms with E-state index in [-0.39, 0.29) is 23.4 Å². The summed E-state index contributed by atoms with van der Waals surface area (Å²) in [6.45, 7) is -0.811. The molecule has 0 fully saturated rings. The van der Waals surface area contributed by atoms with E-state index >= 15 is 0 Å². The van der Waals surface area contributed by atoms with E-state index in [0.717, 1.165) is 7.11 Å². The van der Waals surface area contributed by atoms with Crippen LogP contribution in [-0.2, 0) is 22.6 Å². The van der Waals surface area contributed by atoms with Crippen LogP contribution in [0.5, 0.6) is 0 Å². The second-order valence-electron chi connectivity index (χ2n) is 5.39. The Morgan fingerprint density at radius 3 is 2.62 bits per heavy atom. The summed E-state index contributed by atoms with van der Waals surface area (Å²) >= 11 is 0. The molecule has 8 heteroatoms. The van der Waals surface area contributed by atoms with Crippen molar-refractivity contribution < 1.29 is 23.5 Å². The Hall–Kier alpha value is -3.03. The van der Waals surface area contributed by atoms with Crippen LogP contribution in [-0.4, -0.2) is 40.3 Å². The minimum atomic E-state index is -1.92. The summed E-state index contributed by atoms with van der Waals surface area (Å²) in [4.78, 5) is 44.1. The zero-order chi connectivity index (χ0) is 17.3. The number of alkyl halides is 1. The Morgan fingerprint density at radius 2 is 2.00 bits per heavy atom. The van der Waals surface area contributed by atoms with Gasteiger partial charge in [-0.05, 0) is 6.07 Å². The molecule has 7 nitrogen and oxygen atoms in total. The standard InChI is InChI=1S/C16H14FN3O4/c1-24-15(23)16(6-9-8-18-12(7-17)19-9)13(21)10-4-2-3-5-11(10)14(22)20-16/h2-5,8H,6-7H2,1H3,(H,18,19)(H,20,22)/t16-/m1/s1. The number of ether oxygens (including phenoxy) is 1. The first-order chi connectivity index (χ1) is 11.5. The Bertz CT molecular complexity index is 832. The number of rotatable bonds is 4. The maximum absolute atomic E-state index is 12.9. The van der Waals surface area contributed by atoms with Crippen molar-refractivity contribution in [3.05, 3.63) is 53.1 Å². The number of nitrogens with zero attached hydrogens (tertiary/aromatic N) is 1. The normalized spacial score (nSPS) is 19.6. The molecule has 0 saturated heterocycles. The van der Waals surface area contributed by atoms with Gasteiger partial charge >= 0.3 is 5.97 Å². The number of nitrogens with one attached hydrogen (secondary N) is 2. The zero-order valence-electron chi connectivity index (χ0n) is 12.8. The lowest BCUT2D eigenvalue weighted by Gasteiger charge is -2.34. The summed E-state index contributed by atoms with van der Waals surface area (Å²) in [5.74, 6) is -1.96. The third-order valence-electron chi connectivity index (χ3n) is 3.93. The van der Waals surface area contributed by atoms with Crippen LogP contribution >= 0.6 is 0 Å². The molecule has 0 radical (unpaired) electrons. The number of imidazole rings is 1. The topological polar surface area (TPSA) is 101 Å². The Morgan fingerprint density at radius 1 is 1.29 bits per heavy atom. The minimum absolute atomic E-state index is 0.0694. The molecule has 0 spiro atoms. The highest BCUT2D eigenvalue weighted by atomic mass is 19.1. The monoisotopic (exact) mass is 331 g/mol. The van der Waals surface area contributed by atoms with Gasteiger partial charge in [-0.1, -0.05) is 18.2 Å². The number of esters is 1. The van der Waals surface area contributed by atoms with Gasteiger partial charge in [0, 0.05) is 23.9 Å². The summed E-state index contributed by atoms with van der Waals surface area (Å²) in [6.07, 6.45) is 1.10. The largest absolute Gasteiger partial charge is 0.467 e. The van der Waals surface area contributed by atoms with E-state index < -0.39 is 29.9 Å². The average molecular weight is 331 g/mol. The molecule has 1 aliphatic heterocycles. The molecule has 1 aromatic heterocycles. The number of amides is 1. The number of Topliss-reactive ketones (excluding diaryl/α,β-unsaturated/α-hetero) is 1. The van der Waals surface area contributed by atoms with E-state index in [9.17, 15) is 18.8 Å². The highest BCUT2D eigenvalue weighted by molar-refractivity contribution is 6.25. The number of carbonyl (C=O) groups is 3. The molecule has 1 amide bonds. The maximum Gasteiger partial charge on any atom is 0.340 e. The van der Waals surface area contributed by atoms with Crippen LogP contribution in [0.4, 0.5) is 4.39 Å². The summed E-state index contributed by atoms with van der Waals surface area (Å²) < 4.78 is 17.4. The number of aromatic amines is 1. The smallest absolute Gasteiger partial charge is 0.340 e. The summed E-state index contributed by atoms with van der Waals surface area (Å²) in [6, 6.07) is 6.21. The molecule has 0 aliphatic carbocycles. The molecule has 3 rings (SSSR count). The number of fused-ring (bicyclic) bond motifs is 1. The van der Waals surface area contributed by atoms with Gasteiger partial charge in [-0.15, -0.1) is 0 Å². The van der Waals surface area contributed by atoms with Crippen LogP contribution in [0.3, 0.4) is 0 Å². The predicted molar refractivity (Wildman–Crippen MR) is 80.1 cm³/mol. The lowest BCUT2D eigenvalue weighted by atomic mass is 9.80. The van der Waals surface area contributed by atoms with Gasteiger partial charge < -0.3 is 15.0 Å². The number of hydrogen-bond donors (Lipinski definition) is 2. The molecule has 0 saturated carbocycles. The molecule has 1 atom stereocenters. The fourth-order valence-corrected chi connectivity index (χ4v) is 2.79. The van der Waals surface area contributed by atoms with Gasteiger partial charge in [0.15, 0.2) is 0 Å². The van der Waals surface area contributed by atoms with Crippen molar-refractivity contribution in [1.82, 2.24) is 15.3 Å². The summed E-state index contributed by atoms with van der Waals surface area (Å²) in [5, 5.41) is 2.46. The van der Waals surface area contributed by atoms with Gasteiger partial charge in [0.1, 0.15) is 12.5 Å². The van der Waals surface area contributed by atoms with E-state index in [2.05, 4.69) is 15.3 Å². The SMILES string of the molecule is COC(=O)[C@]1(Cc2cnc(CF)[nH]2)NC(=O)c2ccccc2C1=O. The van der Waals surface area contributed by atoms with E-state index in [1.807, 2.05) is 0 Å². The minimum Gasteiger partial charge on any atom is -0.467 e. The highest BCUT2D eigenvalue weighted by Crippen LogP contribution is 2.27. The van der Waals surface area contributed by atoms with Crippen molar-refractivity contribution in [2.45, 2.75) is 18.6 Å². The van der Waals surface area contributed by atoms with Crippen molar-refractivity contribution in [1.29, 1.82) is 0 Å². The van der Waals surface area contributed by atoms with Gasteiger partial charge in [0.2, 0.25) is 11.3 Å². The number of hydrogen-bond acceptors (Lipinski definition) is 5. The van der Waals surface area contributed by atoms with E-state index in [4.69, 9.17) is 4.74 Å². The molecular formula is C16H14FN3O4. The second-order valence-corrected chi connectivity index (χ2v) is 5.39. The third kappa shape index (κ3) is 2.36. The van der Waals surface area contributed by atoms with Gasteiger partial charge in [-0.3, -0.25) is 9.59 Å². The second kappa shape index (κ2) is 5.88. The van der Waals surface area contributed by atoms with Crippen molar-refractivity contribution in [3.8, 4) is 0 Å². The Kier molecular flexibility index (Phi) is 3.88. The number of ketones is 1. The number of carbonyl (C=O) groups excluding carboxylic acids is 3. The van der Waals surface area contributed by atoms with E-state index in [0.29, 0.717) is 5.69 Å². The molecular weight excluding hydrogens is 317 g/mol. The molecule has 2 heterocycles. The third-order valence-corrected chi connectivity index (χ3v) is 3.93. The number of halogens is 1. The molecule has 2 aromatic rings. The Labute approximate surface area is 136 Å². The van der Waals surface area contributed by atoms with E-state index in [1.165, 1.54) is 18.3 Å². The number of H-pyrrole nitrogens is 1. The molecule has 1 aromatic carbocycles. The van der Waals surface area contributed by atoms with Gasteiger partial charge in [0.05, 0.1) is 12.7 Å². The number of methoxy groups -OCH3 is 1. The fourth-order valence-electron chi connectivity index (χ4n) is 2.79. The number of benzene rings is 1. The van der Waals surface area contributed by atoms with Crippen molar-refractivity contribution in [3.63, 3.8) is 0 Å². The van der Waals surface area contributed by atoms with Crippen molar-refractivity contribution >= 4 is 17.7 Å².